The van der Waals surface area contributed by atoms with E-state index in [2.05, 4.69) is 19.2 Å². The highest BCUT2D eigenvalue weighted by Crippen LogP contribution is 2.22. The zero-order valence-electron chi connectivity index (χ0n) is 32.9. The van der Waals surface area contributed by atoms with Crippen LogP contribution in [0, 0.1) is 0 Å². The van der Waals surface area contributed by atoms with E-state index >= 15 is 0 Å². The van der Waals surface area contributed by atoms with Crippen molar-refractivity contribution in [2.24, 2.45) is 0 Å². The molecule has 7 atom stereocenters. The average Bonchev–Trinajstić information content (AvgIpc) is 3.13. The lowest BCUT2D eigenvalue weighted by atomic mass is 9.99. The second-order valence-electron chi connectivity index (χ2n) is 15.1. The molecule has 9 nitrogen and oxygen atoms in total. The van der Waals surface area contributed by atoms with Crippen molar-refractivity contribution >= 4 is 5.91 Å². The van der Waals surface area contributed by atoms with Crippen molar-refractivity contribution in [3.05, 3.63) is 12.2 Å². The van der Waals surface area contributed by atoms with Crippen LogP contribution in [0.2, 0.25) is 0 Å². The van der Waals surface area contributed by atoms with Gasteiger partial charge in [-0.15, -0.1) is 0 Å². The van der Waals surface area contributed by atoms with Crippen LogP contribution in [0.4, 0.5) is 0 Å². The Balaban J connectivity index is 2.40. The number of hydrogen-bond acceptors (Lipinski definition) is 8. The van der Waals surface area contributed by atoms with Gasteiger partial charge in [0.2, 0.25) is 5.91 Å². The minimum absolute atomic E-state index is 0.176. The zero-order valence-corrected chi connectivity index (χ0v) is 32.9. The molecule has 7 unspecified atom stereocenters. The van der Waals surface area contributed by atoms with Crippen molar-refractivity contribution in [1.82, 2.24) is 5.32 Å². The standard InChI is InChI=1S/C42H81NO8/c1-3-5-7-9-11-13-15-17-19-21-23-25-27-29-31-36(45)35(34-50-42-41(49)40(48)39(47)37(33-44)51-42)43-38(46)32-30-28-26-24-22-20-18-16-14-12-10-8-6-4-2/h29,31,35-37,39-42,44-45,47-49H,3-28,30,32-34H2,1-2H3,(H,43,46)/b31-29+. The quantitative estimate of drug-likeness (QED) is 0.0283. The lowest BCUT2D eigenvalue weighted by molar-refractivity contribution is -0.302. The highest BCUT2D eigenvalue weighted by atomic mass is 16.7. The number of aliphatic hydroxyl groups is 5. The van der Waals surface area contributed by atoms with Crippen molar-refractivity contribution in [3.63, 3.8) is 0 Å². The molecule has 0 bridgehead atoms. The molecule has 1 aliphatic heterocycles. The lowest BCUT2D eigenvalue weighted by Crippen LogP contribution is -2.60. The number of ether oxygens (including phenoxy) is 2. The SMILES string of the molecule is CCCCCCCCCCCCCC/C=C/C(O)C(COC1OC(CO)C(O)C(O)C1O)NC(=O)CCCCCCCCCCCCCCCC. The maximum atomic E-state index is 12.9. The second-order valence-corrected chi connectivity index (χ2v) is 15.1. The van der Waals surface area contributed by atoms with Crippen LogP contribution >= 0.6 is 0 Å². The molecule has 1 fully saturated rings. The molecule has 1 aliphatic rings. The summed E-state index contributed by atoms with van der Waals surface area (Å²) in [5.41, 5.74) is 0. The Kier molecular flexibility index (Phi) is 31.5. The molecule has 302 valence electrons. The molecule has 0 saturated carbocycles. The third kappa shape index (κ3) is 24.8. The summed E-state index contributed by atoms with van der Waals surface area (Å²) in [6.07, 6.45) is 29.6. The van der Waals surface area contributed by atoms with E-state index in [9.17, 15) is 30.3 Å². The number of nitrogens with one attached hydrogen (secondary N) is 1. The first-order chi connectivity index (χ1) is 24.8. The number of amides is 1. The van der Waals surface area contributed by atoms with Gasteiger partial charge in [-0.1, -0.05) is 180 Å². The van der Waals surface area contributed by atoms with E-state index in [-0.39, 0.29) is 12.5 Å². The van der Waals surface area contributed by atoms with Crippen LogP contribution in [0.25, 0.3) is 0 Å². The molecule has 1 rings (SSSR count). The van der Waals surface area contributed by atoms with Crippen LogP contribution in [-0.2, 0) is 14.3 Å². The molecule has 0 aromatic rings. The lowest BCUT2D eigenvalue weighted by Gasteiger charge is -2.40. The predicted molar refractivity (Wildman–Crippen MR) is 207 cm³/mol. The van der Waals surface area contributed by atoms with Crippen molar-refractivity contribution < 1.29 is 39.8 Å². The van der Waals surface area contributed by atoms with Gasteiger partial charge in [0.05, 0.1) is 25.4 Å². The fourth-order valence-electron chi connectivity index (χ4n) is 6.86. The van der Waals surface area contributed by atoms with Gasteiger partial charge < -0.3 is 40.3 Å². The number of unbranched alkanes of at least 4 members (excludes halogenated alkanes) is 25. The van der Waals surface area contributed by atoms with Gasteiger partial charge in [-0.25, -0.2) is 0 Å². The van der Waals surface area contributed by atoms with E-state index in [1.165, 1.54) is 135 Å². The Labute approximate surface area is 312 Å². The molecular formula is C42H81NO8. The summed E-state index contributed by atoms with van der Waals surface area (Å²) in [6, 6.07) is -0.797. The molecule has 9 heteroatoms. The molecule has 0 aromatic carbocycles. The van der Waals surface area contributed by atoms with E-state index in [1.807, 2.05) is 6.08 Å². The molecular weight excluding hydrogens is 646 g/mol. The normalized spacial score (nSPS) is 22.1. The Morgan fingerprint density at radius 1 is 0.647 bits per heavy atom. The minimum atomic E-state index is -1.56. The summed E-state index contributed by atoms with van der Waals surface area (Å²) in [6.45, 7) is 3.76. The number of carbonyl (C=O) groups is 1. The maximum Gasteiger partial charge on any atom is 0.220 e. The number of allylic oxidation sites excluding steroid dienone is 1. The van der Waals surface area contributed by atoms with E-state index in [0.717, 1.165) is 38.5 Å². The number of rotatable bonds is 35. The van der Waals surface area contributed by atoms with Gasteiger partial charge in [-0.3, -0.25) is 4.79 Å². The van der Waals surface area contributed by atoms with Gasteiger partial charge in [0.15, 0.2) is 6.29 Å². The summed E-state index contributed by atoms with van der Waals surface area (Å²) >= 11 is 0. The summed E-state index contributed by atoms with van der Waals surface area (Å²) in [5, 5.41) is 54.0. The van der Waals surface area contributed by atoms with Gasteiger partial charge >= 0.3 is 0 Å². The van der Waals surface area contributed by atoms with E-state index in [0.29, 0.717) is 6.42 Å². The van der Waals surface area contributed by atoms with Gasteiger partial charge in [0.25, 0.3) is 0 Å². The molecule has 0 aromatic heterocycles. The van der Waals surface area contributed by atoms with E-state index < -0.39 is 49.5 Å². The highest BCUT2D eigenvalue weighted by molar-refractivity contribution is 5.76. The molecule has 1 amide bonds. The molecule has 1 saturated heterocycles. The zero-order chi connectivity index (χ0) is 37.4. The first-order valence-electron chi connectivity index (χ1n) is 21.4. The topological polar surface area (TPSA) is 149 Å². The summed E-state index contributed by atoms with van der Waals surface area (Å²) < 4.78 is 11.2. The largest absolute Gasteiger partial charge is 0.394 e. The Hall–Kier alpha value is -1.07. The van der Waals surface area contributed by atoms with Crippen LogP contribution < -0.4 is 5.32 Å². The minimum Gasteiger partial charge on any atom is -0.394 e. The van der Waals surface area contributed by atoms with Gasteiger partial charge in [-0.2, -0.15) is 0 Å². The van der Waals surface area contributed by atoms with Gasteiger partial charge in [0.1, 0.15) is 24.4 Å². The van der Waals surface area contributed by atoms with Crippen LogP contribution in [0.3, 0.4) is 0 Å². The monoisotopic (exact) mass is 728 g/mol. The Bertz CT molecular complexity index is 812. The van der Waals surface area contributed by atoms with Gasteiger partial charge in [0, 0.05) is 6.42 Å². The van der Waals surface area contributed by atoms with Crippen molar-refractivity contribution in [2.75, 3.05) is 13.2 Å². The maximum absolute atomic E-state index is 12.9. The third-order valence-corrected chi connectivity index (χ3v) is 10.4. The molecule has 0 spiro atoms. The number of carbonyl (C=O) groups excluding carboxylic acids is 1. The molecule has 0 radical (unpaired) electrons. The molecule has 0 aliphatic carbocycles. The van der Waals surface area contributed by atoms with Crippen LogP contribution in [-0.4, -0.2) is 87.5 Å². The first kappa shape index (κ1) is 48.0. The highest BCUT2D eigenvalue weighted by Gasteiger charge is 2.44. The van der Waals surface area contributed by atoms with Crippen LogP contribution in [0.1, 0.15) is 194 Å². The molecule has 51 heavy (non-hydrogen) atoms. The molecule has 1 heterocycles. The first-order valence-corrected chi connectivity index (χ1v) is 21.4. The van der Waals surface area contributed by atoms with Crippen LogP contribution in [0.15, 0.2) is 12.2 Å². The molecule has 6 N–H and O–H groups in total. The van der Waals surface area contributed by atoms with Crippen LogP contribution in [0.5, 0.6) is 0 Å². The van der Waals surface area contributed by atoms with Gasteiger partial charge in [-0.05, 0) is 19.3 Å². The summed E-state index contributed by atoms with van der Waals surface area (Å²) in [5.74, 6) is -0.176. The Morgan fingerprint density at radius 3 is 1.53 bits per heavy atom. The second kappa shape index (κ2) is 33.5. The smallest absolute Gasteiger partial charge is 0.220 e. The third-order valence-electron chi connectivity index (χ3n) is 10.4. The predicted octanol–water partition coefficient (Wildman–Crippen LogP) is 8.17. The van der Waals surface area contributed by atoms with E-state index in [1.54, 1.807) is 6.08 Å². The summed E-state index contributed by atoms with van der Waals surface area (Å²) in [7, 11) is 0. The van der Waals surface area contributed by atoms with Crippen molar-refractivity contribution in [1.29, 1.82) is 0 Å². The fraction of sp³-hybridized carbons (Fsp3) is 0.929. The average molecular weight is 728 g/mol. The van der Waals surface area contributed by atoms with E-state index in [4.69, 9.17) is 9.47 Å². The van der Waals surface area contributed by atoms with Crippen molar-refractivity contribution in [3.8, 4) is 0 Å². The Morgan fingerprint density at radius 2 is 1.08 bits per heavy atom. The number of aliphatic hydroxyl groups excluding tert-OH is 5. The number of hydrogen-bond donors (Lipinski definition) is 6. The summed E-state index contributed by atoms with van der Waals surface area (Å²) in [4.78, 5) is 12.9. The van der Waals surface area contributed by atoms with Crippen molar-refractivity contribution in [2.45, 2.75) is 236 Å². The fourth-order valence-corrected chi connectivity index (χ4v) is 6.86.